The number of hydrogen-bond donors (Lipinski definition) is 0. The molecule has 62 heavy (non-hydrogen) atoms. The summed E-state index contributed by atoms with van der Waals surface area (Å²) < 4.78 is 17.3. The fourth-order valence-electron chi connectivity index (χ4n) is 6.02. The first-order valence-corrected chi connectivity index (χ1v) is 24.7. The molecule has 0 aliphatic heterocycles. The minimum absolute atomic E-state index is 0.0258. The van der Waals surface area contributed by atoms with Crippen molar-refractivity contribution in [2.75, 3.05) is 19.8 Å². The van der Waals surface area contributed by atoms with E-state index in [9.17, 15) is 9.59 Å². The molecule has 0 aliphatic rings. The van der Waals surface area contributed by atoms with Crippen LogP contribution in [0.4, 0.5) is 0 Å². The maximum absolute atomic E-state index is 12.7. The van der Waals surface area contributed by atoms with Crippen LogP contribution in [0.5, 0.6) is 0 Å². The molecule has 0 bridgehead atoms. The van der Waals surface area contributed by atoms with Crippen molar-refractivity contribution < 1.29 is 23.8 Å². The second-order valence-electron chi connectivity index (χ2n) is 15.6. The molecular weight excluding hydrogens is 765 g/mol. The molecule has 1 atom stereocenters. The maximum Gasteiger partial charge on any atom is 0.306 e. The number of hydrogen-bond acceptors (Lipinski definition) is 5. The third-order valence-electron chi connectivity index (χ3n) is 9.65. The Kier molecular flexibility index (Phi) is 48.1. The molecule has 5 nitrogen and oxygen atoms in total. The largest absolute Gasteiger partial charge is 0.462 e. The second-order valence-corrected chi connectivity index (χ2v) is 15.6. The molecule has 348 valence electrons. The molecule has 0 aromatic rings. The van der Waals surface area contributed by atoms with Crippen LogP contribution in [0.25, 0.3) is 0 Å². The Hall–Kier alpha value is -3.96. The van der Waals surface area contributed by atoms with Crippen LogP contribution in [0.15, 0.2) is 134 Å². The number of carbonyl (C=O) groups excluding carboxylic acids is 2. The van der Waals surface area contributed by atoms with E-state index in [1.165, 1.54) is 32.1 Å². The van der Waals surface area contributed by atoms with E-state index >= 15 is 0 Å². The van der Waals surface area contributed by atoms with E-state index < -0.39 is 6.10 Å². The number of rotatable bonds is 43. The summed E-state index contributed by atoms with van der Waals surface area (Å²) in [5.74, 6) is -0.513. The van der Waals surface area contributed by atoms with E-state index in [0.717, 1.165) is 122 Å². The topological polar surface area (TPSA) is 61.8 Å². The summed E-state index contributed by atoms with van der Waals surface area (Å²) in [7, 11) is 0. The third kappa shape index (κ3) is 48.7. The molecule has 0 rings (SSSR count). The number of ether oxygens (including phenoxy) is 3. The van der Waals surface area contributed by atoms with Gasteiger partial charge in [-0.05, 0) is 122 Å². The number of esters is 2. The van der Waals surface area contributed by atoms with E-state index in [1.54, 1.807) is 0 Å². The lowest BCUT2D eigenvalue weighted by molar-refractivity contribution is -0.163. The summed E-state index contributed by atoms with van der Waals surface area (Å²) in [6, 6.07) is 0. The van der Waals surface area contributed by atoms with Gasteiger partial charge in [-0.3, -0.25) is 9.59 Å². The Morgan fingerprint density at radius 3 is 1.23 bits per heavy atom. The molecular formula is C57H90O5. The Balaban J connectivity index is 4.46. The first kappa shape index (κ1) is 58.0. The summed E-state index contributed by atoms with van der Waals surface area (Å²) in [5, 5.41) is 0. The van der Waals surface area contributed by atoms with Crippen LogP contribution in [0.2, 0.25) is 0 Å². The van der Waals surface area contributed by atoms with Crippen molar-refractivity contribution in [3.05, 3.63) is 134 Å². The predicted octanol–water partition coefficient (Wildman–Crippen LogP) is 16.8. The number of unbranched alkanes of at least 4 members (excludes halogenated alkanes) is 10. The summed E-state index contributed by atoms with van der Waals surface area (Å²) in [6.07, 6.45) is 73.3. The average Bonchev–Trinajstić information content (AvgIpc) is 3.27. The Morgan fingerprint density at radius 2 is 0.742 bits per heavy atom. The van der Waals surface area contributed by atoms with Gasteiger partial charge in [-0.25, -0.2) is 0 Å². The molecule has 0 aromatic carbocycles. The molecule has 0 aromatic heterocycles. The lowest BCUT2D eigenvalue weighted by Gasteiger charge is -2.18. The lowest BCUT2D eigenvalue weighted by Crippen LogP contribution is -2.30. The molecule has 0 spiro atoms. The molecule has 0 aliphatic carbocycles. The number of allylic oxidation sites excluding steroid dienone is 22. The highest BCUT2D eigenvalue weighted by molar-refractivity contribution is 5.70. The van der Waals surface area contributed by atoms with Crippen LogP contribution >= 0.6 is 0 Å². The fourth-order valence-corrected chi connectivity index (χ4v) is 6.02. The summed E-state index contributed by atoms with van der Waals surface area (Å²) in [6.45, 7) is 7.36. The van der Waals surface area contributed by atoms with Crippen LogP contribution in [-0.2, 0) is 23.8 Å². The van der Waals surface area contributed by atoms with E-state index in [1.807, 2.05) is 0 Å². The first-order chi connectivity index (χ1) is 30.6. The van der Waals surface area contributed by atoms with Crippen LogP contribution in [0, 0.1) is 0 Å². The van der Waals surface area contributed by atoms with Crippen molar-refractivity contribution >= 4 is 11.9 Å². The first-order valence-electron chi connectivity index (χ1n) is 24.7. The van der Waals surface area contributed by atoms with Crippen molar-refractivity contribution in [1.82, 2.24) is 0 Å². The highest BCUT2D eigenvalue weighted by Crippen LogP contribution is 2.11. The average molecular weight is 855 g/mol. The Labute approximate surface area is 381 Å². The van der Waals surface area contributed by atoms with Crippen molar-refractivity contribution in [2.45, 2.75) is 194 Å². The molecule has 0 amide bonds. The highest BCUT2D eigenvalue weighted by Gasteiger charge is 2.17. The van der Waals surface area contributed by atoms with Gasteiger partial charge < -0.3 is 14.2 Å². The van der Waals surface area contributed by atoms with Gasteiger partial charge in [0.1, 0.15) is 6.61 Å². The molecule has 0 radical (unpaired) electrons. The number of carbonyl (C=O) groups is 2. The molecule has 0 heterocycles. The van der Waals surface area contributed by atoms with E-state index in [4.69, 9.17) is 14.2 Å². The molecule has 0 saturated carbocycles. The van der Waals surface area contributed by atoms with Gasteiger partial charge in [-0.1, -0.05) is 187 Å². The fraction of sp³-hybridized carbons (Fsp3) is 0.579. The second kappa shape index (κ2) is 51.4. The van der Waals surface area contributed by atoms with Gasteiger partial charge in [0.25, 0.3) is 0 Å². The smallest absolute Gasteiger partial charge is 0.306 e. The zero-order valence-corrected chi connectivity index (χ0v) is 39.8. The van der Waals surface area contributed by atoms with E-state index in [-0.39, 0.29) is 25.2 Å². The van der Waals surface area contributed by atoms with Gasteiger partial charge in [0, 0.05) is 19.4 Å². The minimum Gasteiger partial charge on any atom is -0.462 e. The Morgan fingerprint density at radius 1 is 0.371 bits per heavy atom. The SMILES string of the molecule is CC/C=C\C/C=C\C/C=C\C/C=C\C/C=C\CCCCOCC(COC(=O)CCC/C=C\C/C=C\C/C=C\C/C=C\C/C=C\CC)OC(=O)CCCCCCC/C=C\CCCC. The summed E-state index contributed by atoms with van der Waals surface area (Å²) >= 11 is 0. The van der Waals surface area contributed by atoms with Gasteiger partial charge >= 0.3 is 11.9 Å². The van der Waals surface area contributed by atoms with Crippen LogP contribution in [0.1, 0.15) is 188 Å². The van der Waals surface area contributed by atoms with E-state index in [0.29, 0.717) is 19.4 Å². The molecule has 0 saturated heterocycles. The molecule has 1 unspecified atom stereocenters. The van der Waals surface area contributed by atoms with E-state index in [2.05, 4.69) is 154 Å². The summed E-state index contributed by atoms with van der Waals surface area (Å²) in [4.78, 5) is 25.3. The van der Waals surface area contributed by atoms with Gasteiger partial charge in [-0.15, -0.1) is 0 Å². The van der Waals surface area contributed by atoms with Crippen LogP contribution < -0.4 is 0 Å². The zero-order valence-electron chi connectivity index (χ0n) is 39.8. The molecule has 5 heteroatoms. The van der Waals surface area contributed by atoms with Gasteiger partial charge in [-0.2, -0.15) is 0 Å². The third-order valence-corrected chi connectivity index (χ3v) is 9.65. The normalized spacial score (nSPS) is 13.4. The highest BCUT2D eigenvalue weighted by atomic mass is 16.6. The standard InChI is InChI=1S/C57H90O5/c1-4-7-10-13-16-19-22-24-26-28-30-32-34-37-40-43-46-49-52-60-53-55(62-57(59)51-48-45-42-39-35-21-18-15-12-9-6-3)54-61-56(58)50-47-44-41-38-36-33-31-29-27-25-23-20-17-14-11-8-5-2/h7-8,10-11,15-20,24-27,30-33,37-38,40-41,55H,4-6,9,12-14,21-23,28-29,34-36,39,42-54H2,1-3H3/b10-7-,11-8-,18-15-,19-16-,20-17-,26-24-,27-25-,32-30-,33-31-,40-37-,41-38-. The van der Waals surface area contributed by atoms with Gasteiger partial charge in [0.2, 0.25) is 0 Å². The van der Waals surface area contributed by atoms with Crippen LogP contribution in [-0.4, -0.2) is 37.9 Å². The molecule has 0 N–H and O–H groups in total. The zero-order chi connectivity index (χ0) is 44.9. The Bertz CT molecular complexity index is 1330. The van der Waals surface area contributed by atoms with Crippen molar-refractivity contribution in [3.8, 4) is 0 Å². The van der Waals surface area contributed by atoms with Crippen molar-refractivity contribution in [2.24, 2.45) is 0 Å². The predicted molar refractivity (Wildman–Crippen MR) is 269 cm³/mol. The lowest BCUT2D eigenvalue weighted by atomic mass is 10.1. The summed E-state index contributed by atoms with van der Waals surface area (Å²) in [5.41, 5.74) is 0. The van der Waals surface area contributed by atoms with Gasteiger partial charge in [0.15, 0.2) is 6.10 Å². The van der Waals surface area contributed by atoms with Crippen molar-refractivity contribution in [1.29, 1.82) is 0 Å². The van der Waals surface area contributed by atoms with Gasteiger partial charge in [0.05, 0.1) is 6.61 Å². The molecule has 0 fully saturated rings. The van der Waals surface area contributed by atoms with Crippen LogP contribution in [0.3, 0.4) is 0 Å². The minimum atomic E-state index is -0.595. The maximum atomic E-state index is 12.7. The van der Waals surface area contributed by atoms with Crippen molar-refractivity contribution in [3.63, 3.8) is 0 Å². The monoisotopic (exact) mass is 855 g/mol. The quantitative estimate of drug-likeness (QED) is 0.0347.